The number of furan rings is 1. The number of aromatic nitrogens is 1. The van der Waals surface area contributed by atoms with Gasteiger partial charge in [0.05, 0.1) is 20.7 Å². The molecule has 6 nitrogen and oxygen atoms in total. The van der Waals surface area contributed by atoms with Gasteiger partial charge in [-0.2, -0.15) is 0 Å². The lowest BCUT2D eigenvalue weighted by molar-refractivity contribution is 0.0925. The Labute approximate surface area is 182 Å². The zero-order chi connectivity index (χ0) is 21.4. The second-order valence-corrected chi connectivity index (χ2v) is 9.78. The van der Waals surface area contributed by atoms with Crippen LogP contribution in [0.15, 0.2) is 92.6 Å². The summed E-state index contributed by atoms with van der Waals surface area (Å²) in [6.45, 7) is 0.245. The summed E-state index contributed by atoms with van der Waals surface area (Å²) in [5.41, 5.74) is 1.32. The number of hydrogen-bond donors (Lipinski definition) is 1. The highest BCUT2D eigenvalue weighted by atomic mass is 32.2. The zero-order valence-electron chi connectivity index (χ0n) is 16.1. The van der Waals surface area contributed by atoms with Gasteiger partial charge in [-0.15, -0.1) is 11.3 Å². The minimum Gasteiger partial charge on any atom is -0.449 e. The largest absolute Gasteiger partial charge is 0.449 e. The average Bonchev–Trinajstić information content (AvgIpc) is 3.44. The van der Waals surface area contributed by atoms with Gasteiger partial charge < -0.3 is 9.73 Å². The van der Waals surface area contributed by atoms with Gasteiger partial charge in [-0.3, -0.25) is 9.78 Å². The fraction of sp³-hybridized carbons (Fsp3) is 0.0435. The van der Waals surface area contributed by atoms with Gasteiger partial charge in [0.1, 0.15) is 0 Å². The number of rotatable bonds is 5. The van der Waals surface area contributed by atoms with Gasteiger partial charge in [0.15, 0.2) is 11.3 Å². The molecular formula is C23H16N2O4S2. The van der Waals surface area contributed by atoms with Gasteiger partial charge in [-0.05, 0) is 52.7 Å². The quantitative estimate of drug-likeness (QED) is 0.417. The predicted molar refractivity (Wildman–Crippen MR) is 119 cm³/mol. The van der Waals surface area contributed by atoms with Crippen LogP contribution in [-0.2, 0) is 16.4 Å². The van der Waals surface area contributed by atoms with Crippen LogP contribution in [0, 0.1) is 0 Å². The molecule has 0 radical (unpaired) electrons. The minimum atomic E-state index is -3.64. The molecule has 5 aromatic rings. The lowest BCUT2D eigenvalue weighted by Gasteiger charge is -2.08. The number of hydrogen-bond acceptors (Lipinski definition) is 6. The Morgan fingerprint density at radius 1 is 1.03 bits per heavy atom. The van der Waals surface area contributed by atoms with Gasteiger partial charge in [0, 0.05) is 18.1 Å². The number of carbonyl (C=O) groups excluding carboxylic acids is 1. The van der Waals surface area contributed by atoms with E-state index in [1.165, 1.54) is 11.3 Å². The molecule has 3 aromatic heterocycles. The SMILES string of the molecule is O=C(NCc1ccc(S(=O)(=O)c2cccc3ccsc23)cc1)c1cc2ccncc2o1. The van der Waals surface area contributed by atoms with E-state index in [2.05, 4.69) is 10.3 Å². The van der Waals surface area contributed by atoms with Gasteiger partial charge >= 0.3 is 0 Å². The average molecular weight is 449 g/mol. The van der Waals surface area contributed by atoms with Crippen molar-refractivity contribution in [2.45, 2.75) is 16.3 Å². The highest BCUT2D eigenvalue weighted by Crippen LogP contribution is 2.32. The molecule has 0 aliphatic rings. The maximum Gasteiger partial charge on any atom is 0.287 e. The number of pyridine rings is 1. The Morgan fingerprint density at radius 2 is 1.87 bits per heavy atom. The van der Waals surface area contributed by atoms with Crippen molar-refractivity contribution >= 4 is 48.1 Å². The standard InChI is InChI=1S/C23H16N2O4S2/c26-23(19-12-17-8-10-24-14-20(17)29-19)25-13-15-4-6-18(7-5-15)31(27,28)21-3-1-2-16-9-11-30-22(16)21/h1-12,14H,13H2,(H,25,26). The molecule has 0 unspecified atom stereocenters. The molecule has 2 aromatic carbocycles. The third-order valence-corrected chi connectivity index (χ3v) is 7.87. The Balaban J connectivity index is 1.33. The van der Waals surface area contributed by atoms with Gasteiger partial charge in [0.25, 0.3) is 5.91 Å². The van der Waals surface area contributed by atoms with Crippen LogP contribution in [0.2, 0.25) is 0 Å². The lowest BCUT2D eigenvalue weighted by Crippen LogP contribution is -2.22. The summed E-state index contributed by atoms with van der Waals surface area (Å²) < 4.78 is 32.5. The van der Waals surface area contributed by atoms with Crippen LogP contribution in [0.3, 0.4) is 0 Å². The predicted octanol–water partition coefficient (Wildman–Crippen LogP) is 4.81. The van der Waals surface area contributed by atoms with E-state index in [1.54, 1.807) is 60.9 Å². The van der Waals surface area contributed by atoms with E-state index in [0.29, 0.717) is 10.5 Å². The fourth-order valence-corrected chi connectivity index (χ4v) is 6.00. The maximum absolute atomic E-state index is 13.1. The first-order valence-corrected chi connectivity index (χ1v) is 11.8. The van der Waals surface area contributed by atoms with Gasteiger partial charge in [-0.1, -0.05) is 24.3 Å². The van der Waals surface area contributed by atoms with E-state index in [4.69, 9.17) is 4.42 Å². The molecular weight excluding hydrogens is 432 g/mol. The zero-order valence-corrected chi connectivity index (χ0v) is 17.7. The molecule has 0 bridgehead atoms. The molecule has 0 saturated carbocycles. The number of thiophene rings is 1. The summed E-state index contributed by atoms with van der Waals surface area (Å²) in [5, 5.41) is 6.38. The molecule has 8 heteroatoms. The van der Waals surface area contributed by atoms with Crippen molar-refractivity contribution in [2.75, 3.05) is 0 Å². The van der Waals surface area contributed by atoms with Crippen LogP contribution in [0.5, 0.6) is 0 Å². The smallest absolute Gasteiger partial charge is 0.287 e. The fourth-order valence-electron chi connectivity index (χ4n) is 3.36. The highest BCUT2D eigenvalue weighted by Gasteiger charge is 2.21. The summed E-state index contributed by atoms with van der Waals surface area (Å²) >= 11 is 1.41. The van der Waals surface area contributed by atoms with Crippen LogP contribution in [0.1, 0.15) is 16.1 Å². The van der Waals surface area contributed by atoms with E-state index in [-0.39, 0.29) is 23.1 Å². The Morgan fingerprint density at radius 3 is 2.68 bits per heavy atom. The van der Waals surface area contributed by atoms with Crippen molar-refractivity contribution in [3.8, 4) is 0 Å². The van der Waals surface area contributed by atoms with Crippen LogP contribution in [0.25, 0.3) is 21.1 Å². The molecule has 0 fully saturated rings. The molecule has 154 valence electrons. The molecule has 1 amide bonds. The van der Waals surface area contributed by atoms with E-state index < -0.39 is 9.84 Å². The number of fused-ring (bicyclic) bond motifs is 2. The highest BCUT2D eigenvalue weighted by molar-refractivity contribution is 7.92. The Kier molecular flexibility index (Phi) is 4.80. The summed E-state index contributed by atoms with van der Waals surface area (Å²) in [6, 6.07) is 17.1. The van der Waals surface area contributed by atoms with Crippen LogP contribution < -0.4 is 5.32 Å². The number of amides is 1. The molecule has 0 saturated heterocycles. The van der Waals surface area contributed by atoms with E-state index >= 15 is 0 Å². The molecule has 5 rings (SSSR count). The number of benzene rings is 2. The maximum atomic E-state index is 13.1. The topological polar surface area (TPSA) is 89.3 Å². The Bertz CT molecular complexity index is 1480. The third kappa shape index (κ3) is 3.60. The van der Waals surface area contributed by atoms with Crippen LogP contribution >= 0.6 is 11.3 Å². The summed E-state index contributed by atoms with van der Waals surface area (Å²) in [6.07, 6.45) is 3.19. The third-order valence-electron chi connectivity index (χ3n) is 4.97. The van der Waals surface area contributed by atoms with E-state index in [9.17, 15) is 13.2 Å². The van der Waals surface area contributed by atoms with Crippen molar-refractivity contribution < 1.29 is 17.6 Å². The number of nitrogens with zero attached hydrogens (tertiary/aromatic N) is 1. The molecule has 0 aliphatic carbocycles. The molecule has 1 N–H and O–H groups in total. The van der Waals surface area contributed by atoms with E-state index in [1.807, 2.05) is 17.5 Å². The molecule has 3 heterocycles. The summed E-state index contributed by atoms with van der Waals surface area (Å²) in [5.74, 6) is -0.150. The van der Waals surface area contributed by atoms with Crippen LogP contribution in [0.4, 0.5) is 0 Å². The molecule has 0 aliphatic heterocycles. The minimum absolute atomic E-state index is 0.200. The first-order valence-electron chi connectivity index (χ1n) is 9.44. The van der Waals surface area contributed by atoms with Gasteiger partial charge in [-0.25, -0.2) is 8.42 Å². The first kappa shape index (κ1) is 19.5. The van der Waals surface area contributed by atoms with E-state index in [0.717, 1.165) is 21.0 Å². The number of sulfone groups is 1. The van der Waals surface area contributed by atoms with Crippen molar-refractivity contribution in [1.82, 2.24) is 10.3 Å². The summed E-state index contributed by atoms with van der Waals surface area (Å²) in [4.78, 5) is 16.9. The van der Waals surface area contributed by atoms with Crippen molar-refractivity contribution in [1.29, 1.82) is 0 Å². The number of nitrogens with one attached hydrogen (secondary N) is 1. The lowest BCUT2D eigenvalue weighted by atomic mass is 10.2. The first-order chi connectivity index (χ1) is 15.0. The number of carbonyl (C=O) groups is 1. The van der Waals surface area contributed by atoms with Crippen molar-refractivity contribution in [3.63, 3.8) is 0 Å². The molecule has 0 spiro atoms. The van der Waals surface area contributed by atoms with Crippen molar-refractivity contribution in [2.24, 2.45) is 0 Å². The monoisotopic (exact) mass is 448 g/mol. The normalized spacial score (nSPS) is 11.7. The molecule has 0 atom stereocenters. The Hall–Kier alpha value is -3.49. The molecule has 31 heavy (non-hydrogen) atoms. The van der Waals surface area contributed by atoms with Gasteiger partial charge in [0.2, 0.25) is 9.84 Å². The summed E-state index contributed by atoms with van der Waals surface area (Å²) in [7, 11) is -3.64. The van der Waals surface area contributed by atoms with Crippen molar-refractivity contribution in [3.05, 3.63) is 89.8 Å². The second-order valence-electron chi connectivity index (χ2n) is 6.95. The second kappa shape index (κ2) is 7.64. The van der Waals surface area contributed by atoms with Crippen LogP contribution in [-0.4, -0.2) is 19.3 Å².